The van der Waals surface area contributed by atoms with Gasteiger partial charge in [-0.3, -0.25) is 4.79 Å². The predicted octanol–water partition coefficient (Wildman–Crippen LogP) is 1.45. The second-order valence-electron chi connectivity index (χ2n) is 6.01. The Balaban J connectivity index is 1.76. The van der Waals surface area contributed by atoms with Crippen LogP contribution in [0.4, 0.5) is 16.4 Å². The lowest BCUT2D eigenvalue weighted by Crippen LogP contribution is -2.70. The number of benzene rings is 2. The molecule has 138 valence electrons. The quantitative estimate of drug-likeness (QED) is 0.466. The number of aliphatic hydroxyl groups is 1. The lowest BCUT2D eigenvalue weighted by molar-refractivity contribution is -1.27. The Labute approximate surface area is 155 Å². The van der Waals surface area contributed by atoms with E-state index in [1.54, 1.807) is 36.4 Å². The van der Waals surface area contributed by atoms with E-state index in [2.05, 4.69) is 5.32 Å². The van der Waals surface area contributed by atoms with Crippen molar-refractivity contribution in [2.24, 2.45) is 0 Å². The molecule has 0 aliphatic carbocycles. The van der Waals surface area contributed by atoms with Crippen molar-refractivity contribution >= 4 is 23.4 Å². The molecule has 1 aromatic heterocycles. The van der Waals surface area contributed by atoms with E-state index in [4.69, 9.17) is 10.3 Å². The van der Waals surface area contributed by atoms with Gasteiger partial charge in [0.1, 0.15) is 11.8 Å². The molecule has 0 spiro atoms. The molecule has 4 N–H and O–H groups in total. The molecular weight excluding hydrogens is 348 g/mol. The number of carbonyl (C=O) groups is 2. The first kappa shape index (κ1) is 18.3. The molecule has 2 aromatic carbocycles. The molecular formula is C19H20N4O4+2. The van der Waals surface area contributed by atoms with Crippen LogP contribution in [-0.4, -0.2) is 16.9 Å². The van der Waals surface area contributed by atoms with Crippen LogP contribution >= 0.6 is 0 Å². The van der Waals surface area contributed by atoms with Crippen molar-refractivity contribution < 1.29 is 28.8 Å². The Morgan fingerprint density at radius 2 is 1.81 bits per heavy atom. The fourth-order valence-corrected chi connectivity index (χ4v) is 2.58. The number of nitrogens with zero attached hydrogens (tertiary/aromatic N) is 2. The smallest absolute Gasteiger partial charge is 0.382 e. The summed E-state index contributed by atoms with van der Waals surface area (Å²) in [4.78, 5) is 24.8. The largest absolute Gasteiger partial charge is 0.597 e. The maximum absolute atomic E-state index is 12.5. The van der Waals surface area contributed by atoms with Crippen molar-refractivity contribution in [3.63, 3.8) is 0 Å². The molecule has 0 aliphatic rings. The highest BCUT2D eigenvalue weighted by molar-refractivity contribution is 5.94. The fraction of sp³-hybridized carbons (Fsp3) is 0.158. The van der Waals surface area contributed by atoms with Gasteiger partial charge < -0.3 is 10.8 Å². The zero-order chi connectivity index (χ0) is 19.4. The summed E-state index contributed by atoms with van der Waals surface area (Å²) in [5, 5.41) is 13.0. The molecule has 1 amide bonds. The van der Waals surface area contributed by atoms with Crippen molar-refractivity contribution in [2.75, 3.05) is 11.1 Å². The minimum absolute atomic E-state index is 0.0253. The number of amides is 1. The molecule has 0 bridgehead atoms. The molecule has 3 aromatic rings. The number of ketones is 1. The topological polar surface area (TPSA) is 113 Å². The van der Waals surface area contributed by atoms with Gasteiger partial charge in [-0.05, 0) is 36.8 Å². The van der Waals surface area contributed by atoms with Crippen LogP contribution in [-0.2, 0) is 6.54 Å². The van der Waals surface area contributed by atoms with E-state index in [-0.39, 0.29) is 18.2 Å². The second kappa shape index (κ2) is 7.79. The van der Waals surface area contributed by atoms with Gasteiger partial charge >= 0.3 is 11.9 Å². The highest BCUT2D eigenvalue weighted by Crippen LogP contribution is 2.12. The number of nitrogen functional groups attached to an aromatic ring is 1. The zero-order valence-corrected chi connectivity index (χ0v) is 14.7. The Morgan fingerprint density at radius 1 is 1.15 bits per heavy atom. The van der Waals surface area contributed by atoms with Crippen LogP contribution in [0.3, 0.4) is 0 Å². The van der Waals surface area contributed by atoms with Gasteiger partial charge in [-0.15, -0.1) is 0 Å². The summed E-state index contributed by atoms with van der Waals surface area (Å²) in [6.07, 6.45) is 0.576. The number of aliphatic hydroxyl groups excluding tert-OH is 1. The third-order valence-electron chi connectivity index (χ3n) is 3.96. The van der Waals surface area contributed by atoms with Crippen LogP contribution in [0.2, 0.25) is 0 Å². The summed E-state index contributed by atoms with van der Waals surface area (Å²) in [5.41, 5.74) is 7.41. The summed E-state index contributed by atoms with van der Waals surface area (Å²) in [6, 6.07) is 14.9. The van der Waals surface area contributed by atoms with E-state index >= 15 is 0 Å². The number of nitrogens with one attached hydrogen (secondary N) is 1. The Hall–Kier alpha value is -3.52. The van der Waals surface area contributed by atoms with Crippen LogP contribution in [0.1, 0.15) is 28.9 Å². The van der Waals surface area contributed by atoms with E-state index in [1.807, 2.05) is 18.2 Å². The highest BCUT2D eigenvalue weighted by Gasteiger charge is 2.33. The van der Waals surface area contributed by atoms with Gasteiger partial charge in [0.05, 0.1) is 0 Å². The molecule has 0 saturated carbocycles. The van der Waals surface area contributed by atoms with Gasteiger partial charge in [0, 0.05) is 10.2 Å². The molecule has 0 saturated heterocycles. The number of anilines is 2. The maximum Gasteiger partial charge on any atom is 0.597 e. The highest BCUT2D eigenvalue weighted by atomic mass is 16.5. The summed E-state index contributed by atoms with van der Waals surface area (Å²) >= 11 is 0. The van der Waals surface area contributed by atoms with Crippen molar-refractivity contribution in [2.45, 2.75) is 19.6 Å². The van der Waals surface area contributed by atoms with Gasteiger partial charge in [0.2, 0.25) is 11.4 Å². The van der Waals surface area contributed by atoms with Gasteiger partial charge in [0.25, 0.3) is 6.20 Å². The van der Waals surface area contributed by atoms with Crippen molar-refractivity contribution in [1.82, 2.24) is 0 Å². The van der Waals surface area contributed by atoms with Gasteiger partial charge in [-0.2, -0.15) is 10.1 Å². The third-order valence-corrected chi connectivity index (χ3v) is 3.96. The van der Waals surface area contributed by atoms with Crippen molar-refractivity contribution in [1.29, 1.82) is 0 Å². The van der Waals surface area contributed by atoms with Crippen LogP contribution in [0, 0.1) is 0 Å². The molecule has 8 nitrogen and oxygen atoms in total. The average Bonchev–Trinajstić information content (AvgIpc) is 3.03. The summed E-state index contributed by atoms with van der Waals surface area (Å²) < 4.78 is 6.61. The molecule has 0 aliphatic heterocycles. The summed E-state index contributed by atoms with van der Waals surface area (Å²) in [7, 11) is 0. The molecule has 1 heterocycles. The number of nitrogens with two attached hydrogens (primary N) is 1. The van der Waals surface area contributed by atoms with E-state index in [0.29, 0.717) is 16.8 Å². The summed E-state index contributed by atoms with van der Waals surface area (Å²) in [5.74, 6) is -0.0360. The number of hydrogen-bond acceptors (Lipinski definition) is 5. The van der Waals surface area contributed by atoms with Crippen LogP contribution < -0.4 is 20.6 Å². The second-order valence-corrected chi connectivity index (χ2v) is 6.01. The first-order valence-electron chi connectivity index (χ1n) is 8.31. The third kappa shape index (κ3) is 4.36. The number of hydrogen-bond donors (Lipinski definition) is 3. The lowest BCUT2D eigenvalue weighted by atomic mass is 10.1. The normalized spacial score (nSPS) is 11.8. The molecule has 1 atom stereocenters. The van der Waals surface area contributed by atoms with Crippen LogP contribution in [0.15, 0.2) is 65.3 Å². The van der Waals surface area contributed by atoms with E-state index in [0.717, 1.165) is 4.85 Å². The Bertz CT molecular complexity index is 952. The van der Waals surface area contributed by atoms with E-state index in [9.17, 15) is 14.7 Å². The molecule has 27 heavy (non-hydrogen) atoms. The Kier molecular flexibility index (Phi) is 5.28. The zero-order valence-electron chi connectivity index (χ0n) is 14.7. The molecule has 8 heteroatoms. The SMILES string of the molecule is CC(=O)c1ccc(NC(=O)[n+]2oc(N)c[n+]2CC(O)c2ccccc2)cc1. The first-order chi connectivity index (χ1) is 12.9. The molecule has 3 rings (SSSR count). The van der Waals surface area contributed by atoms with Crippen LogP contribution in [0.5, 0.6) is 0 Å². The van der Waals surface area contributed by atoms with Crippen LogP contribution in [0.25, 0.3) is 0 Å². The monoisotopic (exact) mass is 368 g/mol. The van der Waals surface area contributed by atoms with E-state index < -0.39 is 12.1 Å². The minimum atomic E-state index is -0.845. The number of Topliss-reactive ketones (excluding diaryl/α,β-unsaturated/α-hetero) is 1. The molecule has 0 fully saturated rings. The molecule has 1 unspecified atom stereocenters. The maximum atomic E-state index is 12.5. The minimum Gasteiger partial charge on any atom is -0.382 e. The summed E-state index contributed by atoms with van der Waals surface area (Å²) in [6.45, 7) is 1.54. The number of rotatable bonds is 5. The number of aromatic nitrogens is 2. The van der Waals surface area contributed by atoms with Crippen molar-refractivity contribution in [3.05, 3.63) is 71.9 Å². The Morgan fingerprint density at radius 3 is 2.44 bits per heavy atom. The van der Waals surface area contributed by atoms with E-state index in [1.165, 1.54) is 17.8 Å². The fourth-order valence-electron chi connectivity index (χ4n) is 2.58. The predicted molar refractivity (Wildman–Crippen MR) is 95.8 cm³/mol. The lowest BCUT2D eigenvalue weighted by Gasteiger charge is -2.04. The number of carbonyl (C=O) groups excluding carboxylic acids is 2. The van der Waals surface area contributed by atoms with Gasteiger partial charge in [-0.25, -0.2) is 4.52 Å². The standard InChI is InChI=1S/C19H18N4O4/c1-13(24)14-7-9-16(10-8-14)21-19(26)23-22(12-18(20)27-23)11-17(25)15-5-3-2-4-6-15/h2-10,12,17,25H,11H2,1H3,(H-2,20,21,24,26)/p+2. The van der Waals surface area contributed by atoms with Gasteiger partial charge in [0.15, 0.2) is 5.78 Å². The van der Waals surface area contributed by atoms with Crippen molar-refractivity contribution in [3.8, 4) is 0 Å². The first-order valence-corrected chi connectivity index (χ1v) is 8.31. The van der Waals surface area contributed by atoms with Gasteiger partial charge in [-0.1, -0.05) is 30.3 Å². The molecule has 0 radical (unpaired) electrons. The average molecular weight is 368 g/mol.